The van der Waals surface area contributed by atoms with Crippen molar-refractivity contribution in [1.29, 1.82) is 0 Å². The summed E-state index contributed by atoms with van der Waals surface area (Å²) in [6.45, 7) is 2.83. The van der Waals surface area contributed by atoms with Gasteiger partial charge in [-0.2, -0.15) is 5.10 Å². The number of hydrogen-bond acceptors (Lipinski definition) is 5. The Morgan fingerprint density at radius 1 is 1.29 bits per heavy atom. The number of likely N-dealkylation sites (tertiary alicyclic amines) is 1. The molecule has 0 aliphatic carbocycles. The molecule has 0 saturated carbocycles. The molecular weight excluding hydrogens is 360 g/mol. The predicted octanol–water partition coefficient (Wildman–Crippen LogP) is 1.68. The molecule has 1 amide bonds. The standard InChI is InChI=1S/C20H22N4O4/c1-2-28-20(27)13-6-5-9-23(11-13)17(25)12-24-19(26)18-15(10-21-24)14-7-3-4-8-16(14)22-18/h3-4,7-8,10,13,22H,2,5-6,9,11-12H2,1H3/t13-/m1/s1. The first-order chi connectivity index (χ1) is 13.6. The number of aromatic nitrogens is 3. The third kappa shape index (κ3) is 3.26. The number of hydrogen-bond donors (Lipinski definition) is 1. The zero-order chi connectivity index (χ0) is 19.7. The second-order valence-electron chi connectivity index (χ2n) is 7.00. The Morgan fingerprint density at radius 2 is 2.11 bits per heavy atom. The number of aromatic amines is 1. The summed E-state index contributed by atoms with van der Waals surface area (Å²) >= 11 is 0. The van der Waals surface area contributed by atoms with Crippen molar-refractivity contribution in [2.24, 2.45) is 5.92 Å². The van der Waals surface area contributed by atoms with E-state index in [0.717, 1.165) is 22.7 Å². The number of benzene rings is 1. The lowest BCUT2D eigenvalue weighted by Crippen LogP contribution is -2.45. The fourth-order valence-electron chi connectivity index (χ4n) is 3.77. The van der Waals surface area contributed by atoms with Crippen LogP contribution in [0, 0.1) is 5.92 Å². The Hall–Kier alpha value is -3.16. The van der Waals surface area contributed by atoms with Crippen LogP contribution in [0.5, 0.6) is 0 Å². The summed E-state index contributed by atoms with van der Waals surface area (Å²) in [6.07, 6.45) is 3.06. The fourth-order valence-corrected chi connectivity index (χ4v) is 3.77. The summed E-state index contributed by atoms with van der Waals surface area (Å²) in [5.74, 6) is -0.799. The Balaban J connectivity index is 1.55. The lowest BCUT2D eigenvalue weighted by atomic mass is 9.98. The number of amides is 1. The van der Waals surface area contributed by atoms with Gasteiger partial charge < -0.3 is 14.6 Å². The summed E-state index contributed by atoms with van der Waals surface area (Å²) in [7, 11) is 0. The van der Waals surface area contributed by atoms with E-state index < -0.39 is 0 Å². The zero-order valence-corrected chi connectivity index (χ0v) is 15.7. The minimum Gasteiger partial charge on any atom is -0.466 e. The molecule has 146 valence electrons. The normalized spacial score (nSPS) is 17.2. The number of piperidine rings is 1. The molecule has 8 nitrogen and oxygen atoms in total. The van der Waals surface area contributed by atoms with E-state index in [4.69, 9.17) is 4.74 Å². The summed E-state index contributed by atoms with van der Waals surface area (Å²) < 4.78 is 6.25. The molecule has 1 fully saturated rings. The fraction of sp³-hybridized carbons (Fsp3) is 0.400. The number of esters is 1. The van der Waals surface area contributed by atoms with E-state index in [0.29, 0.717) is 31.6 Å². The lowest BCUT2D eigenvalue weighted by Gasteiger charge is -2.31. The van der Waals surface area contributed by atoms with Crippen LogP contribution >= 0.6 is 0 Å². The van der Waals surface area contributed by atoms with Gasteiger partial charge in [0.1, 0.15) is 12.1 Å². The third-order valence-electron chi connectivity index (χ3n) is 5.20. The molecule has 3 heterocycles. The summed E-state index contributed by atoms with van der Waals surface area (Å²) in [6, 6.07) is 7.62. The van der Waals surface area contributed by atoms with E-state index in [1.165, 1.54) is 4.68 Å². The smallest absolute Gasteiger partial charge is 0.310 e. The van der Waals surface area contributed by atoms with Crippen LogP contribution in [-0.2, 0) is 20.9 Å². The molecule has 1 saturated heterocycles. The van der Waals surface area contributed by atoms with Crippen LogP contribution in [-0.4, -0.2) is 51.2 Å². The van der Waals surface area contributed by atoms with Gasteiger partial charge in [0.05, 0.1) is 18.7 Å². The number of nitrogens with zero attached hydrogens (tertiary/aromatic N) is 3. The van der Waals surface area contributed by atoms with Crippen molar-refractivity contribution in [3.63, 3.8) is 0 Å². The molecule has 28 heavy (non-hydrogen) atoms. The summed E-state index contributed by atoms with van der Waals surface area (Å²) in [5, 5.41) is 5.86. The Labute approximate surface area is 161 Å². The molecule has 1 atom stereocenters. The van der Waals surface area contributed by atoms with Gasteiger partial charge in [0.2, 0.25) is 5.91 Å². The summed E-state index contributed by atoms with van der Waals surface area (Å²) in [5.41, 5.74) is 0.960. The highest BCUT2D eigenvalue weighted by atomic mass is 16.5. The molecule has 0 unspecified atom stereocenters. The minimum atomic E-state index is -0.332. The first-order valence-electron chi connectivity index (χ1n) is 9.49. The zero-order valence-electron chi connectivity index (χ0n) is 15.7. The van der Waals surface area contributed by atoms with Gasteiger partial charge in [-0.05, 0) is 25.8 Å². The highest BCUT2D eigenvalue weighted by molar-refractivity contribution is 6.06. The van der Waals surface area contributed by atoms with Crippen molar-refractivity contribution in [3.8, 4) is 0 Å². The van der Waals surface area contributed by atoms with Gasteiger partial charge in [0.25, 0.3) is 5.56 Å². The van der Waals surface area contributed by atoms with Crippen molar-refractivity contribution in [2.45, 2.75) is 26.3 Å². The van der Waals surface area contributed by atoms with Crippen LogP contribution in [0.15, 0.2) is 35.3 Å². The number of para-hydroxylation sites is 1. The second kappa shape index (κ2) is 7.46. The Bertz CT molecular complexity index is 1100. The molecule has 8 heteroatoms. The highest BCUT2D eigenvalue weighted by Crippen LogP contribution is 2.22. The average Bonchev–Trinajstić information content (AvgIpc) is 3.10. The van der Waals surface area contributed by atoms with Crippen LogP contribution in [0.3, 0.4) is 0 Å². The maximum Gasteiger partial charge on any atom is 0.310 e. The summed E-state index contributed by atoms with van der Waals surface area (Å²) in [4.78, 5) is 42.2. The first kappa shape index (κ1) is 18.2. The van der Waals surface area contributed by atoms with E-state index >= 15 is 0 Å². The van der Waals surface area contributed by atoms with Crippen LogP contribution < -0.4 is 5.56 Å². The SMILES string of the molecule is CCOC(=O)[C@@H]1CCCN(C(=O)Cn2ncc3c([nH]c4ccccc43)c2=O)C1. The highest BCUT2D eigenvalue weighted by Gasteiger charge is 2.29. The maximum absolute atomic E-state index is 12.8. The van der Waals surface area contributed by atoms with Gasteiger partial charge in [0.15, 0.2) is 0 Å². The van der Waals surface area contributed by atoms with Crippen molar-refractivity contribution in [2.75, 3.05) is 19.7 Å². The van der Waals surface area contributed by atoms with E-state index in [9.17, 15) is 14.4 Å². The van der Waals surface area contributed by atoms with Crippen LogP contribution in [0.4, 0.5) is 0 Å². The molecule has 0 bridgehead atoms. The van der Waals surface area contributed by atoms with Crippen LogP contribution in [0.1, 0.15) is 19.8 Å². The molecule has 1 aliphatic heterocycles. The molecule has 0 spiro atoms. The topological polar surface area (TPSA) is 97.3 Å². The molecule has 1 aromatic carbocycles. The van der Waals surface area contributed by atoms with Crippen LogP contribution in [0.2, 0.25) is 0 Å². The second-order valence-corrected chi connectivity index (χ2v) is 7.00. The molecule has 2 aromatic heterocycles. The van der Waals surface area contributed by atoms with E-state index in [-0.39, 0.29) is 29.9 Å². The monoisotopic (exact) mass is 382 g/mol. The number of carbonyl (C=O) groups is 2. The minimum absolute atomic E-state index is 0.153. The number of fused-ring (bicyclic) bond motifs is 3. The predicted molar refractivity (Wildman–Crippen MR) is 104 cm³/mol. The third-order valence-corrected chi connectivity index (χ3v) is 5.20. The number of carbonyl (C=O) groups excluding carboxylic acids is 2. The number of nitrogens with one attached hydrogen (secondary N) is 1. The molecule has 1 aliphatic rings. The lowest BCUT2D eigenvalue weighted by molar-refractivity contribution is -0.151. The van der Waals surface area contributed by atoms with Gasteiger partial charge in [0, 0.05) is 29.4 Å². The quantitative estimate of drug-likeness (QED) is 0.693. The van der Waals surface area contributed by atoms with E-state index in [1.54, 1.807) is 18.0 Å². The van der Waals surface area contributed by atoms with Gasteiger partial charge in [-0.15, -0.1) is 0 Å². The van der Waals surface area contributed by atoms with Crippen molar-refractivity contribution in [1.82, 2.24) is 19.7 Å². The molecule has 3 aromatic rings. The van der Waals surface area contributed by atoms with E-state index in [2.05, 4.69) is 10.1 Å². The molecular formula is C20H22N4O4. The molecule has 4 rings (SSSR count). The molecule has 1 N–H and O–H groups in total. The van der Waals surface area contributed by atoms with Gasteiger partial charge in [-0.3, -0.25) is 14.4 Å². The van der Waals surface area contributed by atoms with E-state index in [1.807, 2.05) is 24.3 Å². The van der Waals surface area contributed by atoms with Crippen molar-refractivity contribution < 1.29 is 14.3 Å². The van der Waals surface area contributed by atoms with Gasteiger partial charge in [-0.1, -0.05) is 18.2 Å². The Morgan fingerprint density at radius 3 is 2.93 bits per heavy atom. The van der Waals surface area contributed by atoms with Crippen molar-refractivity contribution >= 4 is 33.7 Å². The number of ether oxygens (including phenoxy) is 1. The first-order valence-corrected chi connectivity index (χ1v) is 9.49. The van der Waals surface area contributed by atoms with Crippen molar-refractivity contribution in [3.05, 3.63) is 40.8 Å². The number of rotatable bonds is 4. The maximum atomic E-state index is 12.8. The van der Waals surface area contributed by atoms with Crippen LogP contribution in [0.25, 0.3) is 21.8 Å². The largest absolute Gasteiger partial charge is 0.466 e. The average molecular weight is 382 g/mol. The van der Waals surface area contributed by atoms with Gasteiger partial charge >= 0.3 is 5.97 Å². The Kier molecular flexibility index (Phi) is 4.85. The molecule has 0 radical (unpaired) electrons. The number of H-pyrrole nitrogens is 1. The van der Waals surface area contributed by atoms with Gasteiger partial charge in [-0.25, -0.2) is 4.68 Å².